The van der Waals surface area contributed by atoms with E-state index < -0.39 is 5.41 Å². The Morgan fingerprint density at radius 1 is 0.453 bits per heavy atom. The molecule has 1 heterocycles. The Morgan fingerprint density at radius 2 is 0.925 bits per heavy atom. The predicted molar refractivity (Wildman–Crippen MR) is 210 cm³/mol. The topological polar surface area (TPSA) is 66.8 Å². The van der Waals surface area contributed by atoms with Crippen molar-refractivity contribution in [1.82, 2.24) is 15.0 Å². The lowest BCUT2D eigenvalue weighted by molar-refractivity contribution is 0.768. The number of nitriles is 1. The molecule has 0 fully saturated rings. The van der Waals surface area contributed by atoms with E-state index >= 15 is 0 Å². The Morgan fingerprint density at radius 3 is 1.55 bits per heavy atom. The first-order valence-electron chi connectivity index (χ1n) is 17.4. The third-order valence-corrected chi connectivity index (χ3v) is 10.1. The summed E-state index contributed by atoms with van der Waals surface area (Å²) >= 11 is 0. The molecule has 7 aromatic carbocycles. The molecule has 0 radical (unpaired) electrons. The zero-order chi connectivity index (χ0) is 35.8. The second kappa shape index (κ2) is 13.0. The van der Waals surface area contributed by atoms with Gasteiger partial charge in [0.05, 0.1) is 23.6 Å². The first-order chi connectivity index (χ1) is 26.1. The first kappa shape index (κ1) is 31.5. The summed E-state index contributed by atoms with van der Waals surface area (Å²) in [6.07, 6.45) is 0. The Hall–Kier alpha value is -7.47. The second-order valence-electron chi connectivity index (χ2n) is 13.0. The molecule has 0 aliphatic heterocycles. The molecule has 246 valence electrons. The van der Waals surface area contributed by atoms with Crippen LogP contribution in [0.15, 0.2) is 176 Å². The van der Waals surface area contributed by atoms with Crippen LogP contribution in [0.2, 0.25) is 0 Å². The van der Waals surface area contributed by atoms with E-state index in [2.05, 4.69) is 102 Å². The Balaban J connectivity index is 1.26. The summed E-state index contributed by atoms with van der Waals surface area (Å²) < 4.78 is 0. The van der Waals surface area contributed by atoms with Crippen molar-refractivity contribution >= 4 is 5.69 Å². The maximum absolute atomic E-state index is 9.69. The smallest absolute Gasteiger partial charge is 0.187 e. The van der Waals surface area contributed by atoms with Crippen LogP contribution < -0.4 is 0 Å². The van der Waals surface area contributed by atoms with Gasteiger partial charge in [0, 0.05) is 16.7 Å². The molecule has 0 amide bonds. The number of nitrogens with zero attached hydrogens (tertiary/aromatic N) is 5. The van der Waals surface area contributed by atoms with E-state index in [0.29, 0.717) is 28.7 Å². The van der Waals surface area contributed by atoms with Crippen LogP contribution in [0.25, 0.3) is 61.3 Å². The monoisotopic (exact) mass is 675 g/mol. The minimum absolute atomic E-state index is 0.567. The normalized spacial score (nSPS) is 14.1. The van der Waals surface area contributed by atoms with E-state index in [4.69, 9.17) is 21.5 Å². The van der Waals surface area contributed by atoms with Gasteiger partial charge in [0.25, 0.3) is 0 Å². The lowest BCUT2D eigenvalue weighted by atomic mass is 9.67. The van der Waals surface area contributed by atoms with Gasteiger partial charge in [-0.05, 0) is 62.7 Å². The molecular weight excluding hydrogens is 647 g/mol. The Bertz CT molecular complexity index is 2650. The fourth-order valence-corrected chi connectivity index (χ4v) is 7.58. The van der Waals surface area contributed by atoms with Crippen molar-refractivity contribution in [2.45, 2.75) is 5.41 Å². The van der Waals surface area contributed by atoms with Gasteiger partial charge < -0.3 is 0 Å². The molecule has 0 saturated heterocycles. The van der Waals surface area contributed by atoms with Crippen LogP contribution in [-0.4, -0.2) is 15.0 Å². The number of hydrogen-bond acceptors (Lipinski definition) is 4. The van der Waals surface area contributed by atoms with Gasteiger partial charge in [-0.3, -0.25) is 0 Å². The van der Waals surface area contributed by atoms with Crippen molar-refractivity contribution in [3.05, 3.63) is 215 Å². The quantitative estimate of drug-likeness (QED) is 0.165. The number of benzene rings is 7. The van der Waals surface area contributed by atoms with Crippen molar-refractivity contribution in [3.8, 4) is 62.5 Å². The first-order valence-corrected chi connectivity index (χ1v) is 17.4. The molecule has 53 heavy (non-hydrogen) atoms. The second-order valence-corrected chi connectivity index (χ2v) is 13.0. The molecule has 1 aliphatic rings. The van der Waals surface area contributed by atoms with Crippen molar-refractivity contribution in [2.75, 3.05) is 0 Å². The molecule has 5 heteroatoms. The fourth-order valence-electron chi connectivity index (χ4n) is 7.58. The van der Waals surface area contributed by atoms with Crippen LogP contribution in [0.5, 0.6) is 0 Å². The minimum Gasteiger partial charge on any atom is -0.238 e. The van der Waals surface area contributed by atoms with Crippen molar-refractivity contribution in [2.24, 2.45) is 0 Å². The average molecular weight is 676 g/mol. The molecule has 1 atom stereocenters. The van der Waals surface area contributed by atoms with Gasteiger partial charge in [-0.2, -0.15) is 5.26 Å². The maximum atomic E-state index is 9.69. The molecule has 5 nitrogen and oxygen atoms in total. The Kier molecular flexibility index (Phi) is 7.73. The molecule has 9 rings (SSSR count). The van der Waals surface area contributed by atoms with Crippen LogP contribution in [-0.2, 0) is 5.41 Å². The van der Waals surface area contributed by atoms with Crippen molar-refractivity contribution in [1.29, 1.82) is 5.26 Å². The lowest BCUT2D eigenvalue weighted by Gasteiger charge is -2.34. The summed E-state index contributed by atoms with van der Waals surface area (Å²) in [4.78, 5) is 18.9. The lowest BCUT2D eigenvalue weighted by Crippen LogP contribution is -2.28. The molecule has 8 aromatic rings. The van der Waals surface area contributed by atoms with E-state index in [1.165, 1.54) is 0 Å². The van der Waals surface area contributed by atoms with E-state index in [1.807, 2.05) is 84.9 Å². The van der Waals surface area contributed by atoms with Gasteiger partial charge in [0.15, 0.2) is 23.2 Å². The Labute approximate surface area is 308 Å². The van der Waals surface area contributed by atoms with Gasteiger partial charge in [-0.15, -0.1) is 0 Å². The average Bonchev–Trinajstić information content (AvgIpc) is 3.54. The van der Waals surface area contributed by atoms with Crippen LogP contribution >= 0.6 is 0 Å². The SMILES string of the molecule is [C-]#[N+]c1ccc(C2(c3ccc(C#N)cc3)c3ccccc3-c3ccc(-c4nc(-c5ccccc5)nc(-c5ccc(-c6ccccc6)cc5)n4)cc32)cc1. The molecule has 1 aliphatic carbocycles. The number of aromatic nitrogens is 3. The molecule has 0 bridgehead atoms. The zero-order valence-corrected chi connectivity index (χ0v) is 28.5. The highest BCUT2D eigenvalue weighted by molar-refractivity contribution is 5.88. The largest absolute Gasteiger partial charge is 0.238 e. The summed E-state index contributed by atoms with van der Waals surface area (Å²) in [5.41, 5.74) is 11.8. The predicted octanol–water partition coefficient (Wildman–Crippen LogP) is 11.3. The third kappa shape index (κ3) is 5.36. The molecule has 1 unspecified atom stereocenters. The van der Waals surface area contributed by atoms with E-state index in [9.17, 15) is 5.26 Å². The van der Waals surface area contributed by atoms with Crippen LogP contribution in [0.1, 0.15) is 27.8 Å². The summed E-state index contributed by atoms with van der Waals surface area (Å²) in [5, 5.41) is 9.69. The number of hydrogen-bond donors (Lipinski definition) is 0. The molecule has 0 saturated carbocycles. The summed E-state index contributed by atoms with van der Waals surface area (Å²) in [6, 6.07) is 61.6. The van der Waals surface area contributed by atoms with Crippen molar-refractivity contribution < 1.29 is 0 Å². The molecule has 1 aromatic heterocycles. The molecular formula is C48H29N5. The summed E-state index contributed by atoms with van der Waals surface area (Å²) in [5.74, 6) is 1.75. The number of rotatable bonds is 6. The zero-order valence-electron chi connectivity index (χ0n) is 28.5. The number of fused-ring (bicyclic) bond motifs is 3. The van der Waals surface area contributed by atoms with E-state index in [-0.39, 0.29) is 0 Å². The standard InChI is InChI=1S/C48H29N5/c1-50-40-27-25-39(26-28-40)48(38-23-16-32(31-49)17-24-38)43-15-9-8-14-41(43)42-29-22-37(30-44(42)48)47-52-45(35-12-6-3-7-13-35)51-46(53-47)36-20-18-34(19-21-36)33-10-4-2-5-11-33/h2-30H. The summed E-state index contributed by atoms with van der Waals surface area (Å²) in [7, 11) is 0. The highest BCUT2D eigenvalue weighted by Crippen LogP contribution is 2.56. The van der Waals surface area contributed by atoms with E-state index in [1.54, 1.807) is 0 Å². The van der Waals surface area contributed by atoms with Crippen LogP contribution in [0, 0.1) is 17.9 Å². The minimum atomic E-state index is -0.734. The van der Waals surface area contributed by atoms with Gasteiger partial charge in [0.1, 0.15) is 0 Å². The van der Waals surface area contributed by atoms with E-state index in [0.717, 1.165) is 61.2 Å². The summed E-state index contributed by atoms with van der Waals surface area (Å²) in [6.45, 7) is 7.62. The molecule has 0 N–H and O–H groups in total. The highest BCUT2D eigenvalue weighted by atomic mass is 15.0. The van der Waals surface area contributed by atoms with Crippen molar-refractivity contribution in [3.63, 3.8) is 0 Å². The van der Waals surface area contributed by atoms with Gasteiger partial charge in [-0.25, -0.2) is 19.8 Å². The van der Waals surface area contributed by atoms with Gasteiger partial charge in [0.2, 0.25) is 0 Å². The third-order valence-electron chi connectivity index (χ3n) is 10.1. The van der Waals surface area contributed by atoms with Gasteiger partial charge >= 0.3 is 0 Å². The van der Waals surface area contributed by atoms with Crippen LogP contribution in [0.3, 0.4) is 0 Å². The van der Waals surface area contributed by atoms with Crippen LogP contribution in [0.4, 0.5) is 5.69 Å². The molecule has 0 spiro atoms. The highest BCUT2D eigenvalue weighted by Gasteiger charge is 2.46. The maximum Gasteiger partial charge on any atom is 0.187 e. The fraction of sp³-hybridized carbons (Fsp3) is 0.0208. The van der Waals surface area contributed by atoms with Gasteiger partial charge in [-0.1, -0.05) is 158 Å².